The van der Waals surface area contributed by atoms with Crippen LogP contribution in [-0.4, -0.2) is 47.2 Å². The topological polar surface area (TPSA) is 66.8 Å². The molecule has 0 aromatic carbocycles. The lowest BCUT2D eigenvalue weighted by atomic mass is 10.1. The van der Waals surface area contributed by atoms with Crippen LogP contribution in [0.25, 0.3) is 0 Å². The van der Waals surface area contributed by atoms with Gasteiger partial charge in [0.2, 0.25) is 5.91 Å². The van der Waals surface area contributed by atoms with Gasteiger partial charge in [-0.1, -0.05) is 0 Å². The number of amides is 1. The lowest BCUT2D eigenvalue weighted by Gasteiger charge is -2.24. The fourth-order valence-corrected chi connectivity index (χ4v) is 2.70. The maximum absolute atomic E-state index is 12.0. The molecule has 2 fully saturated rings. The van der Waals surface area contributed by atoms with Crippen LogP contribution in [0.3, 0.4) is 0 Å². The minimum Gasteiger partial charge on any atom is -0.481 e. The number of likely N-dealkylation sites (tertiary alicyclic amines) is 1. The minimum absolute atomic E-state index is 0.0496. The molecule has 5 heteroatoms. The number of nitrogens with zero attached hydrogens (tertiary/aromatic N) is 1. The molecule has 1 amide bonds. The molecule has 2 unspecified atom stereocenters. The van der Waals surface area contributed by atoms with Gasteiger partial charge in [0, 0.05) is 19.2 Å². The van der Waals surface area contributed by atoms with E-state index < -0.39 is 5.97 Å². The average Bonchev–Trinajstić information content (AvgIpc) is 2.87. The summed E-state index contributed by atoms with van der Waals surface area (Å²) in [6.07, 6.45) is 4.22. The molecule has 1 N–H and O–H groups in total. The molecule has 2 rings (SSSR count). The van der Waals surface area contributed by atoms with Crippen molar-refractivity contribution in [3.05, 3.63) is 0 Å². The Hall–Kier alpha value is -1.10. The lowest BCUT2D eigenvalue weighted by molar-refractivity contribution is -0.140. The van der Waals surface area contributed by atoms with Gasteiger partial charge in [-0.15, -0.1) is 0 Å². The van der Waals surface area contributed by atoms with Gasteiger partial charge in [-0.2, -0.15) is 0 Å². The Morgan fingerprint density at radius 3 is 2.71 bits per heavy atom. The maximum atomic E-state index is 12.0. The molecule has 0 aromatic rings. The van der Waals surface area contributed by atoms with Crippen molar-refractivity contribution >= 4 is 11.9 Å². The molecule has 2 saturated heterocycles. The van der Waals surface area contributed by atoms with Crippen molar-refractivity contribution in [2.75, 3.05) is 13.2 Å². The molecule has 0 saturated carbocycles. The van der Waals surface area contributed by atoms with Crippen LogP contribution in [0.2, 0.25) is 0 Å². The predicted octanol–water partition coefficient (Wildman–Crippen LogP) is 1.02. The fourth-order valence-electron chi connectivity index (χ4n) is 2.70. The van der Waals surface area contributed by atoms with Crippen LogP contribution in [0.4, 0.5) is 0 Å². The first-order chi connectivity index (χ1) is 8.16. The van der Waals surface area contributed by atoms with E-state index in [9.17, 15) is 9.59 Å². The van der Waals surface area contributed by atoms with Gasteiger partial charge in [0.1, 0.15) is 0 Å². The molecule has 2 aliphatic rings. The zero-order valence-electron chi connectivity index (χ0n) is 9.93. The second-order valence-corrected chi connectivity index (χ2v) is 4.82. The van der Waals surface area contributed by atoms with Gasteiger partial charge < -0.3 is 14.7 Å². The molecule has 2 atom stereocenters. The first-order valence-electron chi connectivity index (χ1n) is 6.29. The van der Waals surface area contributed by atoms with E-state index in [2.05, 4.69) is 0 Å². The molecule has 0 aliphatic carbocycles. The average molecular weight is 241 g/mol. The van der Waals surface area contributed by atoms with Crippen LogP contribution < -0.4 is 0 Å². The highest BCUT2D eigenvalue weighted by atomic mass is 16.5. The molecule has 2 heterocycles. The summed E-state index contributed by atoms with van der Waals surface area (Å²) in [6.45, 7) is 1.44. The van der Waals surface area contributed by atoms with Crippen molar-refractivity contribution in [1.29, 1.82) is 0 Å². The molecule has 0 bridgehead atoms. The molecule has 17 heavy (non-hydrogen) atoms. The number of rotatable bonds is 4. The van der Waals surface area contributed by atoms with Crippen molar-refractivity contribution in [2.24, 2.45) is 0 Å². The highest BCUT2D eigenvalue weighted by Crippen LogP contribution is 2.23. The van der Waals surface area contributed by atoms with Gasteiger partial charge in [0.15, 0.2) is 0 Å². The highest BCUT2D eigenvalue weighted by Gasteiger charge is 2.32. The van der Waals surface area contributed by atoms with Crippen LogP contribution in [0.15, 0.2) is 0 Å². The SMILES string of the molecule is O=C(O)CC1CCCN1C(=O)CC1CCCO1. The monoisotopic (exact) mass is 241 g/mol. The molecule has 96 valence electrons. The summed E-state index contributed by atoms with van der Waals surface area (Å²) in [5.41, 5.74) is 0. The second-order valence-electron chi connectivity index (χ2n) is 4.82. The zero-order chi connectivity index (χ0) is 12.3. The number of carbonyl (C=O) groups excluding carboxylic acids is 1. The van der Waals surface area contributed by atoms with E-state index in [0.29, 0.717) is 13.0 Å². The Morgan fingerprint density at radius 2 is 2.06 bits per heavy atom. The molecule has 2 aliphatic heterocycles. The Morgan fingerprint density at radius 1 is 1.24 bits per heavy atom. The van der Waals surface area contributed by atoms with Crippen molar-refractivity contribution in [2.45, 2.75) is 50.7 Å². The Kier molecular flexibility index (Phi) is 3.99. The summed E-state index contributed by atoms with van der Waals surface area (Å²) in [5.74, 6) is -0.771. The van der Waals surface area contributed by atoms with Gasteiger partial charge in [-0.3, -0.25) is 9.59 Å². The number of hydrogen-bond acceptors (Lipinski definition) is 3. The maximum Gasteiger partial charge on any atom is 0.305 e. The van der Waals surface area contributed by atoms with Gasteiger partial charge in [0.05, 0.1) is 18.9 Å². The van der Waals surface area contributed by atoms with Crippen LogP contribution in [-0.2, 0) is 14.3 Å². The number of carboxylic acid groups (broad SMARTS) is 1. The Bertz CT molecular complexity index is 299. The summed E-state index contributed by atoms with van der Waals surface area (Å²) in [7, 11) is 0. The van der Waals surface area contributed by atoms with Crippen molar-refractivity contribution in [3.63, 3.8) is 0 Å². The third-order valence-corrected chi connectivity index (χ3v) is 3.53. The molecule has 0 aromatic heterocycles. The van der Waals surface area contributed by atoms with E-state index in [4.69, 9.17) is 9.84 Å². The predicted molar refractivity (Wildman–Crippen MR) is 60.6 cm³/mol. The van der Waals surface area contributed by atoms with Crippen LogP contribution in [0, 0.1) is 0 Å². The number of hydrogen-bond donors (Lipinski definition) is 1. The second kappa shape index (κ2) is 5.49. The van der Waals surface area contributed by atoms with Crippen molar-refractivity contribution < 1.29 is 19.4 Å². The Balaban J connectivity index is 1.86. The molecule has 0 radical (unpaired) electrons. The summed E-state index contributed by atoms with van der Waals surface area (Å²) >= 11 is 0. The summed E-state index contributed by atoms with van der Waals surface area (Å²) in [5, 5.41) is 8.80. The summed E-state index contributed by atoms with van der Waals surface area (Å²) in [6, 6.07) is -0.110. The van der Waals surface area contributed by atoms with Gasteiger partial charge in [-0.05, 0) is 25.7 Å². The first kappa shape index (κ1) is 12.4. The highest BCUT2D eigenvalue weighted by molar-refractivity contribution is 5.78. The number of aliphatic carboxylic acids is 1. The summed E-state index contributed by atoms with van der Waals surface area (Å²) in [4.78, 5) is 24.5. The number of ether oxygens (including phenoxy) is 1. The van der Waals surface area contributed by atoms with E-state index in [1.807, 2.05) is 0 Å². The van der Waals surface area contributed by atoms with E-state index in [0.717, 1.165) is 32.3 Å². The van der Waals surface area contributed by atoms with Gasteiger partial charge in [-0.25, -0.2) is 0 Å². The normalized spacial score (nSPS) is 28.6. The summed E-state index contributed by atoms with van der Waals surface area (Å²) < 4.78 is 5.44. The standard InChI is InChI=1S/C12H19NO4/c14-11(8-10-4-2-6-17-10)13-5-1-3-9(13)7-12(15)16/h9-10H,1-8H2,(H,15,16). The van der Waals surface area contributed by atoms with Gasteiger partial charge >= 0.3 is 5.97 Å². The molecule has 5 nitrogen and oxygen atoms in total. The quantitative estimate of drug-likeness (QED) is 0.798. The molecular weight excluding hydrogens is 222 g/mol. The fraction of sp³-hybridized carbons (Fsp3) is 0.833. The van der Waals surface area contributed by atoms with E-state index in [1.165, 1.54) is 0 Å². The number of carbonyl (C=O) groups is 2. The van der Waals surface area contributed by atoms with Gasteiger partial charge in [0.25, 0.3) is 0 Å². The minimum atomic E-state index is -0.827. The smallest absolute Gasteiger partial charge is 0.305 e. The zero-order valence-corrected chi connectivity index (χ0v) is 9.93. The Labute approximate surface area is 101 Å². The van der Waals surface area contributed by atoms with Crippen LogP contribution >= 0.6 is 0 Å². The van der Waals surface area contributed by atoms with E-state index >= 15 is 0 Å². The van der Waals surface area contributed by atoms with Crippen molar-refractivity contribution in [1.82, 2.24) is 4.90 Å². The largest absolute Gasteiger partial charge is 0.481 e. The lowest BCUT2D eigenvalue weighted by Crippen LogP contribution is -2.38. The molecular formula is C12H19NO4. The van der Waals surface area contributed by atoms with Crippen LogP contribution in [0.5, 0.6) is 0 Å². The third kappa shape index (κ3) is 3.19. The van der Waals surface area contributed by atoms with E-state index in [1.54, 1.807) is 4.90 Å². The molecule has 0 spiro atoms. The number of carboxylic acids is 1. The van der Waals surface area contributed by atoms with E-state index in [-0.39, 0.29) is 24.5 Å². The third-order valence-electron chi connectivity index (χ3n) is 3.53. The first-order valence-corrected chi connectivity index (χ1v) is 6.29. The van der Waals surface area contributed by atoms with Crippen molar-refractivity contribution in [3.8, 4) is 0 Å². The van der Waals surface area contributed by atoms with Crippen LogP contribution in [0.1, 0.15) is 38.5 Å².